The van der Waals surface area contributed by atoms with Gasteiger partial charge in [0, 0.05) is 75.7 Å². The van der Waals surface area contributed by atoms with Crippen LogP contribution in [0.25, 0.3) is 0 Å². The molecule has 1 aromatic rings. The molecule has 3 saturated heterocycles. The first-order valence-corrected chi connectivity index (χ1v) is 42.0. The average molecular weight is 1680 g/mol. The van der Waals surface area contributed by atoms with Crippen molar-refractivity contribution in [1.82, 2.24) is 10.6 Å². The summed E-state index contributed by atoms with van der Waals surface area (Å²) in [6.45, 7) is 10.9. The van der Waals surface area contributed by atoms with Gasteiger partial charge in [0.1, 0.15) is 68.7 Å². The SMILES string of the molecule is CCCCCCCCCCCCC/C=C/[C@@H](OC(=O)c1ccccc1)[C@H](CO[C@@H]1O[C@H](COC(C)=O)[C@@H](O[C@@H]2O[C@H](COC(C)=O)[C@H](O)[C@H](O[C@]3(C(=O)OC)C[C@H](OC(C)=O)[C@@H](NC(C)=O)[C@H]([C@H](OC(C)=O)[C@@H](COC(C)=O)OC(C)=O)O3)[C@H]2OC(C)=O)[C@H](OC(C)=O)[C@H]1OC(C)=O)NC(=O)CCCCCCCCCCCCCCCCC. The second-order valence-electron chi connectivity index (χ2n) is 30.2. The Hall–Kier alpha value is -8.21. The van der Waals surface area contributed by atoms with Crippen molar-refractivity contribution in [3.8, 4) is 0 Å². The largest absolute Gasteiger partial charge is 0.465 e. The Balaban J connectivity index is 1.89. The molecule has 18 atom stereocenters. The molecule has 33 heteroatoms. The molecule has 0 radical (unpaired) electrons. The molecule has 1 aromatic carbocycles. The highest BCUT2D eigenvalue weighted by molar-refractivity contribution is 5.89. The van der Waals surface area contributed by atoms with Crippen molar-refractivity contribution in [3.63, 3.8) is 0 Å². The number of hydrogen-bond donors (Lipinski definition) is 3. The van der Waals surface area contributed by atoms with Gasteiger partial charge in [0.25, 0.3) is 5.79 Å². The number of esters is 11. The van der Waals surface area contributed by atoms with E-state index in [2.05, 4.69) is 24.5 Å². The predicted octanol–water partition coefficient (Wildman–Crippen LogP) is 10.3. The fraction of sp³-hybridized carbons (Fsp3) is 0.753. The Morgan fingerprint density at radius 3 is 1.47 bits per heavy atom. The summed E-state index contributed by atoms with van der Waals surface area (Å²) in [4.78, 5) is 175. The highest BCUT2D eigenvalue weighted by atomic mass is 16.8. The van der Waals surface area contributed by atoms with Crippen LogP contribution in [0, 0.1) is 0 Å². The molecule has 3 fully saturated rings. The Bertz CT molecular complexity index is 3280. The molecule has 3 aliphatic heterocycles. The van der Waals surface area contributed by atoms with E-state index in [9.17, 15) is 67.4 Å². The van der Waals surface area contributed by atoms with Gasteiger partial charge in [-0.05, 0) is 37.5 Å². The molecule has 3 aliphatic rings. The number of benzene rings is 1. The molecule has 4 rings (SSSR count). The van der Waals surface area contributed by atoms with Gasteiger partial charge in [-0.15, -0.1) is 0 Å². The van der Waals surface area contributed by atoms with Gasteiger partial charge in [-0.2, -0.15) is 0 Å². The number of rotatable bonds is 56. The first kappa shape index (κ1) is 102. The van der Waals surface area contributed by atoms with Crippen molar-refractivity contribution in [3.05, 3.63) is 48.0 Å². The molecule has 0 aliphatic carbocycles. The second-order valence-corrected chi connectivity index (χ2v) is 30.2. The molecule has 2 amide bonds. The fourth-order valence-corrected chi connectivity index (χ4v) is 14.4. The Labute approximate surface area is 693 Å². The van der Waals surface area contributed by atoms with E-state index in [1.807, 2.05) is 6.08 Å². The molecule has 668 valence electrons. The first-order valence-electron chi connectivity index (χ1n) is 42.0. The summed E-state index contributed by atoms with van der Waals surface area (Å²) in [7, 11) is 0.839. The van der Waals surface area contributed by atoms with E-state index in [-0.39, 0.29) is 12.0 Å². The van der Waals surface area contributed by atoms with E-state index in [0.717, 1.165) is 141 Å². The van der Waals surface area contributed by atoms with Gasteiger partial charge >= 0.3 is 65.7 Å². The van der Waals surface area contributed by atoms with Crippen LogP contribution in [0.15, 0.2) is 42.5 Å². The number of carbonyl (C=O) groups excluding carboxylic acids is 13. The molecule has 0 aromatic heterocycles. The summed E-state index contributed by atoms with van der Waals surface area (Å²) in [6, 6.07) is 5.17. The zero-order chi connectivity index (χ0) is 87.1. The summed E-state index contributed by atoms with van der Waals surface area (Å²) >= 11 is 0. The minimum absolute atomic E-state index is 0.0610. The van der Waals surface area contributed by atoms with E-state index in [1.165, 1.54) is 96.3 Å². The maximum Gasteiger partial charge on any atom is 0.366 e. The summed E-state index contributed by atoms with van der Waals surface area (Å²) in [6.07, 6.45) is 1.94. The lowest BCUT2D eigenvalue weighted by atomic mass is 9.87. The Morgan fingerprint density at radius 2 is 0.983 bits per heavy atom. The van der Waals surface area contributed by atoms with Gasteiger partial charge in [0.15, 0.2) is 43.1 Å². The number of carbonyl (C=O) groups is 13. The van der Waals surface area contributed by atoms with E-state index >= 15 is 0 Å². The number of allylic oxidation sites excluding steroid dienone is 1. The number of aliphatic hydroxyl groups excluding tert-OH is 1. The topological polar surface area (TPSA) is 423 Å². The Morgan fingerprint density at radius 1 is 0.508 bits per heavy atom. The normalized spacial score (nSPS) is 23.9. The number of amides is 2. The summed E-state index contributed by atoms with van der Waals surface area (Å²) in [5.74, 6) is -16.2. The van der Waals surface area contributed by atoms with Gasteiger partial charge in [-0.25, -0.2) is 9.59 Å². The van der Waals surface area contributed by atoms with Gasteiger partial charge in [0.2, 0.25) is 11.8 Å². The van der Waals surface area contributed by atoms with E-state index in [1.54, 1.807) is 36.4 Å². The molecule has 0 unspecified atom stereocenters. The maximum atomic E-state index is 15.0. The smallest absolute Gasteiger partial charge is 0.366 e. The third-order valence-corrected chi connectivity index (χ3v) is 19.9. The fourth-order valence-electron chi connectivity index (χ4n) is 14.4. The van der Waals surface area contributed by atoms with Gasteiger partial charge in [-0.1, -0.05) is 192 Å². The number of methoxy groups -OCH3 is 1. The first-order chi connectivity index (χ1) is 56.3. The van der Waals surface area contributed by atoms with Crippen molar-refractivity contribution in [2.75, 3.05) is 33.5 Å². The molecular weight excluding hydrogens is 1540 g/mol. The summed E-state index contributed by atoms with van der Waals surface area (Å²) in [5, 5.41) is 18.2. The van der Waals surface area contributed by atoms with E-state index < -0.39 is 220 Å². The Kier molecular flexibility index (Phi) is 48.8. The lowest BCUT2D eigenvalue weighted by Crippen LogP contribution is -2.72. The van der Waals surface area contributed by atoms with Crippen LogP contribution in [-0.4, -0.2) is 226 Å². The van der Waals surface area contributed by atoms with Crippen LogP contribution in [0.5, 0.6) is 0 Å². The molecule has 0 saturated carbocycles. The van der Waals surface area contributed by atoms with Crippen molar-refractivity contribution >= 4 is 77.5 Å². The molecule has 0 spiro atoms. The van der Waals surface area contributed by atoms with E-state index in [0.29, 0.717) is 12.8 Å². The standard InChI is InChI=1S/C85H132N2O31/c1-14-16-18-20-22-24-26-28-29-31-33-35-37-39-44-48-71(98)87-65(66(113-81(100)64-45-41-40-42-46-64)47-43-38-36-34-32-30-27-25-23-21-19-17-15-2)50-106-82-80(112-63(12)97)78(110-61(10)95)75(70(115-82)53-105-57(6)91)116-83-79(111-62(11)96)77(73(99)68(114-83)51-103-55(4)89)118-85(84(101)102-13)49-67(107-58(7)92)72(86-54(3)88)76(117-85)74(109-60(9)94)69(108-59(8)93)52-104-56(5)90/h40-43,45-47,65-70,72-80,82-83,99H,14-39,44,48-53H2,1-13H3,(H,86,88)(H,87,98)/b47-43+/t65-,66+,67-,68+,69+,70+,72+,73-,74+,75+,76+,77-,78-,79+,80+,82+,83-,85-/m0/s1. The second kappa shape index (κ2) is 56.3. The van der Waals surface area contributed by atoms with Crippen LogP contribution in [0.4, 0.5) is 0 Å². The zero-order valence-corrected chi connectivity index (χ0v) is 71.4. The minimum atomic E-state index is -3.19. The molecule has 0 bridgehead atoms. The van der Waals surface area contributed by atoms with Crippen molar-refractivity contribution in [1.29, 1.82) is 0 Å². The molecular formula is C85H132N2O31. The predicted molar refractivity (Wildman–Crippen MR) is 421 cm³/mol. The summed E-state index contributed by atoms with van der Waals surface area (Å²) < 4.78 is 102. The van der Waals surface area contributed by atoms with Crippen LogP contribution >= 0.6 is 0 Å². The quantitative estimate of drug-likeness (QED) is 0.0236. The minimum Gasteiger partial charge on any atom is -0.465 e. The molecule has 3 N–H and O–H groups in total. The highest BCUT2D eigenvalue weighted by Crippen LogP contribution is 2.42. The van der Waals surface area contributed by atoms with Gasteiger partial charge in [0.05, 0.1) is 37.8 Å². The summed E-state index contributed by atoms with van der Waals surface area (Å²) in [5.41, 5.74) is 0.186. The average Bonchev–Trinajstić information content (AvgIpc) is 0.741. The van der Waals surface area contributed by atoms with Crippen LogP contribution in [-0.2, 0) is 138 Å². The maximum absolute atomic E-state index is 15.0. The van der Waals surface area contributed by atoms with Crippen LogP contribution in [0.2, 0.25) is 0 Å². The van der Waals surface area contributed by atoms with Crippen molar-refractivity contribution < 1.29 is 148 Å². The van der Waals surface area contributed by atoms with Crippen LogP contribution < -0.4 is 10.6 Å². The lowest BCUT2D eigenvalue weighted by molar-refractivity contribution is -0.387. The molecule has 118 heavy (non-hydrogen) atoms. The number of unbranched alkanes of at least 4 members (excludes halogenated alkanes) is 25. The van der Waals surface area contributed by atoms with Crippen molar-refractivity contribution in [2.24, 2.45) is 0 Å². The van der Waals surface area contributed by atoms with Crippen molar-refractivity contribution in [2.45, 2.75) is 379 Å². The van der Waals surface area contributed by atoms with Gasteiger partial charge in [-0.3, -0.25) is 52.7 Å². The van der Waals surface area contributed by atoms with Crippen LogP contribution in [0.3, 0.4) is 0 Å². The zero-order valence-electron chi connectivity index (χ0n) is 71.4. The number of ether oxygens (including phenoxy) is 17. The highest BCUT2D eigenvalue weighted by Gasteiger charge is 2.64. The van der Waals surface area contributed by atoms with Crippen LogP contribution in [0.1, 0.15) is 280 Å². The third-order valence-electron chi connectivity index (χ3n) is 19.9. The van der Waals surface area contributed by atoms with Gasteiger partial charge < -0.3 is 96.3 Å². The number of nitrogens with one attached hydrogen (secondary N) is 2. The molecule has 3 heterocycles. The lowest BCUT2D eigenvalue weighted by Gasteiger charge is -2.52. The monoisotopic (exact) mass is 1680 g/mol. The number of hydrogen-bond acceptors (Lipinski definition) is 31. The molecule has 33 nitrogen and oxygen atoms in total. The van der Waals surface area contributed by atoms with E-state index in [4.69, 9.17) is 80.5 Å². The number of aliphatic hydroxyl groups is 1. The third kappa shape index (κ3) is 38.5.